The summed E-state index contributed by atoms with van der Waals surface area (Å²) in [6, 6.07) is 5.87. The van der Waals surface area contributed by atoms with Gasteiger partial charge >= 0.3 is 0 Å². The lowest BCUT2D eigenvalue weighted by molar-refractivity contribution is -0.0163. The van der Waals surface area contributed by atoms with E-state index >= 15 is 0 Å². The largest absolute Gasteiger partial charge is 0.491 e. The first kappa shape index (κ1) is 15.9. The Labute approximate surface area is 121 Å². The lowest BCUT2D eigenvalue weighted by Crippen LogP contribution is -2.22. The molecule has 0 aliphatic rings. The van der Waals surface area contributed by atoms with Crippen molar-refractivity contribution in [2.24, 2.45) is 0 Å². The first-order valence-electron chi connectivity index (χ1n) is 6.34. The zero-order valence-corrected chi connectivity index (χ0v) is 12.8. The molecule has 0 aliphatic heterocycles. The van der Waals surface area contributed by atoms with Gasteiger partial charge in [-0.05, 0) is 51.5 Å². The van der Waals surface area contributed by atoms with E-state index in [1.165, 1.54) is 0 Å². The van der Waals surface area contributed by atoms with Crippen molar-refractivity contribution < 1.29 is 9.47 Å². The second kappa shape index (κ2) is 7.43. The molecule has 1 rings (SSSR count). The summed E-state index contributed by atoms with van der Waals surface area (Å²) in [6.45, 7) is 9.22. The van der Waals surface area contributed by atoms with Crippen LogP contribution in [0.25, 0.3) is 0 Å². The monoisotopic (exact) mass is 280 g/mol. The SMILES string of the molecule is Cc1cc(C#CCCl)ccc1OCCOC(C)(C)C. The van der Waals surface area contributed by atoms with Crippen LogP contribution in [0.3, 0.4) is 0 Å². The van der Waals surface area contributed by atoms with Crippen molar-refractivity contribution >= 4 is 11.6 Å². The van der Waals surface area contributed by atoms with Crippen molar-refractivity contribution in [1.29, 1.82) is 0 Å². The highest BCUT2D eigenvalue weighted by atomic mass is 35.5. The highest BCUT2D eigenvalue weighted by Crippen LogP contribution is 2.19. The van der Waals surface area contributed by atoms with Crippen LogP contribution >= 0.6 is 11.6 Å². The number of hydrogen-bond acceptors (Lipinski definition) is 2. The number of aryl methyl sites for hydroxylation is 1. The van der Waals surface area contributed by atoms with E-state index in [4.69, 9.17) is 21.1 Å². The van der Waals surface area contributed by atoms with E-state index in [0.717, 1.165) is 16.9 Å². The molecule has 0 radical (unpaired) electrons. The summed E-state index contributed by atoms with van der Waals surface area (Å²) in [5.41, 5.74) is 1.90. The Morgan fingerprint density at radius 3 is 2.53 bits per heavy atom. The van der Waals surface area contributed by atoms with Crippen LogP contribution in [-0.2, 0) is 4.74 Å². The molecule has 0 heterocycles. The molecule has 0 spiro atoms. The maximum atomic E-state index is 5.69. The molecule has 0 amide bonds. The fourth-order valence-corrected chi connectivity index (χ4v) is 1.59. The van der Waals surface area contributed by atoms with Crippen molar-refractivity contribution in [2.45, 2.75) is 33.3 Å². The number of alkyl halides is 1. The average molecular weight is 281 g/mol. The van der Waals surface area contributed by atoms with Gasteiger partial charge in [-0.1, -0.05) is 11.8 Å². The van der Waals surface area contributed by atoms with Crippen LogP contribution in [-0.4, -0.2) is 24.7 Å². The first-order valence-corrected chi connectivity index (χ1v) is 6.88. The van der Waals surface area contributed by atoms with Gasteiger partial charge in [-0.3, -0.25) is 0 Å². The molecule has 0 aromatic heterocycles. The molecule has 0 bridgehead atoms. The van der Waals surface area contributed by atoms with Gasteiger partial charge in [0.2, 0.25) is 0 Å². The Bertz CT molecular complexity index is 464. The molecule has 0 N–H and O–H groups in total. The van der Waals surface area contributed by atoms with Crippen molar-refractivity contribution in [3.05, 3.63) is 29.3 Å². The third-order valence-electron chi connectivity index (χ3n) is 2.35. The first-order chi connectivity index (χ1) is 8.92. The molecular formula is C16H21ClO2. The van der Waals surface area contributed by atoms with Gasteiger partial charge in [-0.2, -0.15) is 0 Å². The number of benzene rings is 1. The van der Waals surface area contributed by atoms with Crippen LogP contribution in [0.15, 0.2) is 18.2 Å². The predicted molar refractivity (Wildman–Crippen MR) is 80.0 cm³/mol. The highest BCUT2D eigenvalue weighted by Gasteiger charge is 2.09. The summed E-state index contributed by atoms with van der Waals surface area (Å²) in [5.74, 6) is 7.04. The molecule has 1 aromatic rings. The lowest BCUT2D eigenvalue weighted by atomic mass is 10.1. The molecule has 19 heavy (non-hydrogen) atoms. The van der Waals surface area contributed by atoms with Crippen LogP contribution < -0.4 is 4.74 Å². The highest BCUT2D eigenvalue weighted by molar-refractivity contribution is 6.19. The van der Waals surface area contributed by atoms with Gasteiger partial charge in [0.15, 0.2) is 0 Å². The minimum absolute atomic E-state index is 0.126. The molecular weight excluding hydrogens is 260 g/mol. The lowest BCUT2D eigenvalue weighted by Gasteiger charge is -2.19. The summed E-state index contributed by atoms with van der Waals surface area (Å²) in [6.07, 6.45) is 0. The second-order valence-corrected chi connectivity index (χ2v) is 5.49. The normalized spacial score (nSPS) is 10.8. The van der Waals surface area contributed by atoms with Crippen LogP contribution in [0.4, 0.5) is 0 Å². The van der Waals surface area contributed by atoms with Gasteiger partial charge in [-0.15, -0.1) is 11.6 Å². The van der Waals surface area contributed by atoms with Gasteiger partial charge < -0.3 is 9.47 Å². The predicted octanol–water partition coefficient (Wildman–Crippen LogP) is 3.78. The zero-order chi connectivity index (χ0) is 14.3. The molecule has 0 unspecified atom stereocenters. The Kier molecular flexibility index (Phi) is 6.21. The Balaban J connectivity index is 2.51. The topological polar surface area (TPSA) is 18.5 Å². The van der Waals surface area contributed by atoms with Crippen molar-refractivity contribution in [3.63, 3.8) is 0 Å². The molecule has 0 saturated carbocycles. The molecule has 3 heteroatoms. The third-order valence-corrected chi connectivity index (χ3v) is 2.48. The number of hydrogen-bond donors (Lipinski definition) is 0. The number of halogens is 1. The molecule has 104 valence electrons. The fourth-order valence-electron chi connectivity index (χ4n) is 1.52. The second-order valence-electron chi connectivity index (χ2n) is 5.22. The van der Waals surface area contributed by atoms with E-state index in [9.17, 15) is 0 Å². The van der Waals surface area contributed by atoms with Crippen LogP contribution in [0.2, 0.25) is 0 Å². The summed E-state index contributed by atoms with van der Waals surface area (Å²) in [4.78, 5) is 0. The minimum Gasteiger partial charge on any atom is -0.491 e. The van der Waals surface area contributed by atoms with Crippen LogP contribution in [0, 0.1) is 18.8 Å². The minimum atomic E-state index is -0.126. The maximum absolute atomic E-state index is 5.69. The Morgan fingerprint density at radius 1 is 1.21 bits per heavy atom. The van der Waals surface area contributed by atoms with Gasteiger partial charge in [-0.25, -0.2) is 0 Å². The van der Waals surface area contributed by atoms with E-state index < -0.39 is 0 Å². The van der Waals surface area contributed by atoms with Gasteiger partial charge in [0.25, 0.3) is 0 Å². The van der Waals surface area contributed by atoms with Gasteiger partial charge in [0, 0.05) is 5.56 Å². The standard InChI is InChI=1S/C16H21ClO2/c1-13-12-14(6-5-9-17)7-8-15(13)18-10-11-19-16(2,3)4/h7-8,12H,9-11H2,1-4H3. The summed E-state index contributed by atoms with van der Waals surface area (Å²) in [5, 5.41) is 0. The van der Waals surface area contributed by atoms with Crippen molar-refractivity contribution in [1.82, 2.24) is 0 Å². The molecule has 0 aliphatic carbocycles. The Morgan fingerprint density at radius 2 is 1.95 bits per heavy atom. The van der Waals surface area contributed by atoms with Gasteiger partial charge in [0.05, 0.1) is 18.1 Å². The maximum Gasteiger partial charge on any atom is 0.122 e. The van der Waals surface area contributed by atoms with E-state index in [-0.39, 0.29) is 5.60 Å². The summed E-state index contributed by atoms with van der Waals surface area (Å²) in [7, 11) is 0. The van der Waals surface area contributed by atoms with Crippen LogP contribution in [0.1, 0.15) is 31.9 Å². The van der Waals surface area contributed by atoms with E-state index in [0.29, 0.717) is 19.1 Å². The summed E-state index contributed by atoms with van der Waals surface area (Å²) < 4.78 is 11.3. The van der Waals surface area contributed by atoms with Gasteiger partial charge in [0.1, 0.15) is 12.4 Å². The van der Waals surface area contributed by atoms with E-state index in [1.807, 2.05) is 45.9 Å². The third kappa shape index (κ3) is 6.52. The molecule has 0 saturated heterocycles. The summed E-state index contributed by atoms with van der Waals surface area (Å²) >= 11 is 5.53. The number of rotatable bonds is 4. The van der Waals surface area contributed by atoms with E-state index in [2.05, 4.69) is 11.8 Å². The van der Waals surface area contributed by atoms with E-state index in [1.54, 1.807) is 0 Å². The smallest absolute Gasteiger partial charge is 0.122 e. The molecule has 0 fully saturated rings. The average Bonchev–Trinajstić information content (AvgIpc) is 2.32. The molecule has 1 aromatic carbocycles. The number of ether oxygens (including phenoxy) is 2. The zero-order valence-electron chi connectivity index (χ0n) is 12.0. The molecule has 2 nitrogen and oxygen atoms in total. The van der Waals surface area contributed by atoms with Crippen molar-refractivity contribution in [3.8, 4) is 17.6 Å². The fraction of sp³-hybridized carbons (Fsp3) is 0.500. The van der Waals surface area contributed by atoms with Crippen molar-refractivity contribution in [2.75, 3.05) is 19.1 Å². The molecule has 0 atom stereocenters. The van der Waals surface area contributed by atoms with Crippen LogP contribution in [0.5, 0.6) is 5.75 Å². The quantitative estimate of drug-likeness (QED) is 0.475. The Hall–Kier alpha value is -1.17.